The van der Waals surface area contributed by atoms with Crippen molar-refractivity contribution in [3.05, 3.63) is 24.3 Å². The molecule has 0 aliphatic heterocycles. The molecule has 0 heterocycles. The number of hydrogen-bond donors (Lipinski definition) is 3. The number of carbonyl (C=O) groups excluding carboxylic acids is 2. The van der Waals surface area contributed by atoms with E-state index in [-0.39, 0.29) is 18.5 Å². The zero-order chi connectivity index (χ0) is 45.8. The number of carbonyl (C=O) groups is 2. The van der Waals surface area contributed by atoms with Crippen molar-refractivity contribution in [3.8, 4) is 0 Å². The van der Waals surface area contributed by atoms with Crippen molar-refractivity contribution in [2.45, 2.75) is 315 Å². The molecular weight excluding hydrogens is 779 g/mol. The first-order chi connectivity index (χ1) is 31.0. The van der Waals surface area contributed by atoms with Crippen molar-refractivity contribution in [2.24, 2.45) is 0 Å². The molecule has 3 N–H and O–H groups in total. The largest absolute Gasteiger partial charge is 0.466 e. The van der Waals surface area contributed by atoms with E-state index < -0.39 is 12.1 Å². The fourth-order valence-electron chi connectivity index (χ4n) is 8.63. The Kier molecular flexibility index (Phi) is 51.6. The molecule has 0 rings (SSSR count). The Balaban J connectivity index is 3.53. The molecule has 1 amide bonds. The predicted octanol–water partition coefficient (Wildman–Crippen LogP) is 17.1. The maximum Gasteiger partial charge on any atom is 0.305 e. The fraction of sp³-hybridized carbons (Fsp3) is 0.895. The van der Waals surface area contributed by atoms with Gasteiger partial charge in [0.2, 0.25) is 5.91 Å². The van der Waals surface area contributed by atoms with Crippen molar-refractivity contribution >= 4 is 11.9 Å². The lowest BCUT2D eigenvalue weighted by Gasteiger charge is -2.20. The SMILES string of the molecule is CCCCCCCCCCCCCCCCCCCCCCC/C=C/C(O)C(CO)NC(=O)CCCCCCC/C=C\CCCCCOC(=O)CCCCCCCCCCCCC. The molecule has 372 valence electrons. The number of rotatable bonds is 52. The van der Waals surface area contributed by atoms with Gasteiger partial charge in [0.25, 0.3) is 0 Å². The van der Waals surface area contributed by atoms with Crippen LogP contribution in [0.2, 0.25) is 0 Å². The van der Waals surface area contributed by atoms with Crippen LogP contribution in [-0.2, 0) is 14.3 Å². The number of ether oxygens (including phenoxy) is 1. The van der Waals surface area contributed by atoms with E-state index in [1.54, 1.807) is 6.08 Å². The number of allylic oxidation sites excluding steroid dienone is 3. The van der Waals surface area contributed by atoms with Crippen LogP contribution in [0.3, 0.4) is 0 Å². The molecule has 0 aromatic carbocycles. The van der Waals surface area contributed by atoms with Gasteiger partial charge in [0, 0.05) is 12.8 Å². The minimum Gasteiger partial charge on any atom is -0.466 e. The van der Waals surface area contributed by atoms with Gasteiger partial charge in [-0.15, -0.1) is 0 Å². The summed E-state index contributed by atoms with van der Waals surface area (Å²) >= 11 is 0. The van der Waals surface area contributed by atoms with Gasteiger partial charge >= 0.3 is 5.97 Å². The monoisotopic (exact) mass is 888 g/mol. The van der Waals surface area contributed by atoms with Gasteiger partial charge in [-0.3, -0.25) is 9.59 Å². The van der Waals surface area contributed by atoms with E-state index in [1.807, 2.05) is 6.08 Å². The van der Waals surface area contributed by atoms with Crippen LogP contribution in [0.4, 0.5) is 0 Å². The van der Waals surface area contributed by atoms with Crippen LogP contribution >= 0.6 is 0 Å². The zero-order valence-electron chi connectivity index (χ0n) is 42.3. The van der Waals surface area contributed by atoms with Crippen molar-refractivity contribution in [3.63, 3.8) is 0 Å². The number of aliphatic hydroxyl groups is 2. The number of unbranched alkanes of at least 4 members (excludes halogenated alkanes) is 39. The first-order valence-corrected chi connectivity index (χ1v) is 28.1. The van der Waals surface area contributed by atoms with Crippen LogP contribution < -0.4 is 5.32 Å². The number of esters is 1. The Hall–Kier alpha value is -1.66. The van der Waals surface area contributed by atoms with Crippen molar-refractivity contribution in [2.75, 3.05) is 13.2 Å². The molecule has 0 saturated carbocycles. The molecule has 63 heavy (non-hydrogen) atoms. The molecule has 0 radical (unpaired) electrons. The highest BCUT2D eigenvalue weighted by Gasteiger charge is 2.18. The molecule has 6 nitrogen and oxygen atoms in total. The molecule has 6 heteroatoms. The summed E-state index contributed by atoms with van der Waals surface area (Å²) in [6.45, 7) is 4.85. The summed E-state index contributed by atoms with van der Waals surface area (Å²) in [5.41, 5.74) is 0. The molecule has 2 atom stereocenters. The lowest BCUT2D eigenvalue weighted by molar-refractivity contribution is -0.143. The zero-order valence-corrected chi connectivity index (χ0v) is 42.3. The summed E-state index contributed by atoms with van der Waals surface area (Å²) in [4.78, 5) is 24.4. The second kappa shape index (κ2) is 53.0. The molecule has 0 aromatic rings. The number of nitrogens with one attached hydrogen (secondary N) is 1. The summed E-state index contributed by atoms with van der Waals surface area (Å²) in [5.74, 6) is -0.115. The van der Waals surface area contributed by atoms with Crippen molar-refractivity contribution in [1.29, 1.82) is 0 Å². The Morgan fingerprint density at radius 1 is 0.429 bits per heavy atom. The third kappa shape index (κ3) is 49.6. The van der Waals surface area contributed by atoms with E-state index in [0.29, 0.717) is 19.4 Å². The molecular formula is C57H109NO5. The molecule has 0 spiro atoms. The van der Waals surface area contributed by atoms with Gasteiger partial charge in [-0.2, -0.15) is 0 Å². The highest BCUT2D eigenvalue weighted by molar-refractivity contribution is 5.76. The number of hydrogen-bond acceptors (Lipinski definition) is 5. The van der Waals surface area contributed by atoms with Crippen LogP contribution in [0.5, 0.6) is 0 Å². The van der Waals surface area contributed by atoms with E-state index in [1.165, 1.54) is 199 Å². The van der Waals surface area contributed by atoms with Gasteiger partial charge in [-0.25, -0.2) is 0 Å². The lowest BCUT2D eigenvalue weighted by Crippen LogP contribution is -2.45. The first kappa shape index (κ1) is 61.3. The third-order valence-corrected chi connectivity index (χ3v) is 13.0. The summed E-state index contributed by atoms with van der Waals surface area (Å²) in [6, 6.07) is -0.647. The first-order valence-electron chi connectivity index (χ1n) is 28.1. The summed E-state index contributed by atoms with van der Waals surface area (Å²) in [6.07, 6.45) is 63.4. The number of amides is 1. The predicted molar refractivity (Wildman–Crippen MR) is 273 cm³/mol. The third-order valence-electron chi connectivity index (χ3n) is 13.0. The minimum atomic E-state index is -0.861. The Bertz CT molecular complexity index is 982. The topological polar surface area (TPSA) is 95.9 Å². The molecule has 0 saturated heterocycles. The fourth-order valence-corrected chi connectivity index (χ4v) is 8.63. The molecule has 0 bridgehead atoms. The van der Waals surface area contributed by atoms with Gasteiger partial charge in [0.05, 0.1) is 25.4 Å². The highest BCUT2D eigenvalue weighted by atomic mass is 16.5. The summed E-state index contributed by atoms with van der Waals surface area (Å²) in [5, 5.41) is 23.1. The minimum absolute atomic E-state index is 0.0243. The smallest absolute Gasteiger partial charge is 0.305 e. The van der Waals surface area contributed by atoms with Crippen LogP contribution in [0.15, 0.2) is 24.3 Å². The number of aliphatic hydroxyl groups excluding tert-OH is 2. The van der Waals surface area contributed by atoms with Gasteiger partial charge in [0.15, 0.2) is 0 Å². The van der Waals surface area contributed by atoms with E-state index in [2.05, 4.69) is 31.3 Å². The molecule has 0 fully saturated rings. The van der Waals surface area contributed by atoms with Crippen LogP contribution in [0.1, 0.15) is 303 Å². The van der Waals surface area contributed by atoms with Crippen molar-refractivity contribution < 1.29 is 24.5 Å². The molecule has 0 aliphatic rings. The van der Waals surface area contributed by atoms with Gasteiger partial charge in [-0.05, 0) is 64.2 Å². The second-order valence-corrected chi connectivity index (χ2v) is 19.3. The van der Waals surface area contributed by atoms with Crippen LogP contribution in [-0.4, -0.2) is 47.4 Å². The Labute approximate surface area is 392 Å². The second-order valence-electron chi connectivity index (χ2n) is 19.3. The standard InChI is InChI=1S/C57H109NO5/c1-3-5-7-9-11-13-15-16-17-18-19-20-21-22-23-24-25-26-30-33-37-41-45-49-55(60)54(53-59)58-56(61)50-46-42-38-34-31-27-28-32-36-40-44-48-52-63-57(62)51-47-43-39-35-29-14-12-10-8-6-4-2/h28,32,45,49,54-55,59-60H,3-27,29-31,33-44,46-48,50-53H2,1-2H3,(H,58,61)/b32-28-,49-45+. The maximum atomic E-state index is 12.5. The average molecular weight is 889 g/mol. The van der Waals surface area contributed by atoms with Crippen molar-refractivity contribution in [1.82, 2.24) is 5.32 Å². The normalized spacial score (nSPS) is 12.8. The van der Waals surface area contributed by atoms with Gasteiger partial charge < -0.3 is 20.3 Å². The van der Waals surface area contributed by atoms with Gasteiger partial charge in [0.1, 0.15) is 0 Å². The van der Waals surface area contributed by atoms with E-state index in [0.717, 1.165) is 77.0 Å². The van der Waals surface area contributed by atoms with Crippen LogP contribution in [0.25, 0.3) is 0 Å². The molecule has 0 aliphatic carbocycles. The highest BCUT2D eigenvalue weighted by Crippen LogP contribution is 2.17. The summed E-state index contributed by atoms with van der Waals surface area (Å²) in [7, 11) is 0. The van der Waals surface area contributed by atoms with E-state index in [9.17, 15) is 19.8 Å². The molecule has 0 aromatic heterocycles. The molecule has 2 unspecified atom stereocenters. The Morgan fingerprint density at radius 2 is 0.746 bits per heavy atom. The maximum absolute atomic E-state index is 12.5. The lowest BCUT2D eigenvalue weighted by atomic mass is 10.0. The van der Waals surface area contributed by atoms with E-state index in [4.69, 9.17) is 4.74 Å². The van der Waals surface area contributed by atoms with Gasteiger partial charge in [-0.1, -0.05) is 250 Å². The van der Waals surface area contributed by atoms with E-state index >= 15 is 0 Å². The summed E-state index contributed by atoms with van der Waals surface area (Å²) < 4.78 is 5.43. The average Bonchev–Trinajstić information content (AvgIpc) is 3.28. The van der Waals surface area contributed by atoms with Crippen LogP contribution in [0, 0.1) is 0 Å². The Morgan fingerprint density at radius 3 is 1.13 bits per heavy atom. The quantitative estimate of drug-likeness (QED) is 0.0321.